The summed E-state index contributed by atoms with van der Waals surface area (Å²) in [5.74, 6) is -0.486. The molecule has 8 nitrogen and oxygen atoms in total. The predicted octanol–water partition coefficient (Wildman–Crippen LogP) is 5.53. The molecule has 0 saturated carbocycles. The maximum absolute atomic E-state index is 12.8. The number of urea groups is 1. The van der Waals surface area contributed by atoms with E-state index in [-0.39, 0.29) is 18.0 Å². The molecule has 0 spiro atoms. The number of halogens is 6. The van der Waals surface area contributed by atoms with E-state index >= 15 is 0 Å². The fourth-order valence-electron chi connectivity index (χ4n) is 3.30. The van der Waals surface area contributed by atoms with Crippen molar-refractivity contribution in [2.75, 3.05) is 11.9 Å². The van der Waals surface area contributed by atoms with Crippen molar-refractivity contribution in [2.45, 2.75) is 19.0 Å². The van der Waals surface area contributed by atoms with Gasteiger partial charge in [0.1, 0.15) is 17.5 Å². The monoisotopic (exact) mass is 515 g/mol. The zero-order valence-corrected chi connectivity index (χ0v) is 18.2. The molecule has 14 heteroatoms. The minimum atomic E-state index is -4.83. The summed E-state index contributed by atoms with van der Waals surface area (Å²) < 4.78 is 71.5. The molecule has 0 unspecified atom stereocenters. The number of nitrogens with one attached hydrogen (secondary N) is 1. The molecule has 0 radical (unpaired) electrons. The van der Waals surface area contributed by atoms with E-state index < -0.39 is 30.8 Å². The standard InChI is InChI=1S/C21H15ClF5N5O3/c22-13-9-28-31(10-13)17-11-32(30-18(17)12-1-5-15(6-2-12)34-19(23)24)20(33)29-14-3-7-16(8-4-14)35-21(25,26)27/h1-10,17,19H,11H2,(H,29,33)/t17-/m0/s1. The van der Waals surface area contributed by atoms with Crippen LogP contribution in [0.3, 0.4) is 0 Å². The number of aromatic nitrogens is 2. The molecular weight excluding hydrogens is 501 g/mol. The van der Waals surface area contributed by atoms with Gasteiger partial charge in [0, 0.05) is 17.4 Å². The van der Waals surface area contributed by atoms with Crippen LogP contribution in [0.4, 0.5) is 32.4 Å². The van der Waals surface area contributed by atoms with Crippen LogP contribution in [-0.4, -0.2) is 46.1 Å². The number of hydrazone groups is 1. The summed E-state index contributed by atoms with van der Waals surface area (Å²) in [6.45, 7) is -2.93. The highest BCUT2D eigenvalue weighted by molar-refractivity contribution is 6.30. The molecule has 1 atom stereocenters. The number of carbonyl (C=O) groups is 1. The Kier molecular flexibility index (Phi) is 6.78. The lowest BCUT2D eigenvalue weighted by Crippen LogP contribution is -2.31. The molecule has 1 N–H and O–H groups in total. The third-order valence-electron chi connectivity index (χ3n) is 4.73. The molecule has 0 bridgehead atoms. The van der Waals surface area contributed by atoms with E-state index in [2.05, 4.69) is 25.0 Å². The number of benzene rings is 2. The van der Waals surface area contributed by atoms with Gasteiger partial charge in [-0.05, 0) is 48.5 Å². The largest absolute Gasteiger partial charge is 0.573 e. The molecule has 35 heavy (non-hydrogen) atoms. The molecule has 2 amide bonds. The van der Waals surface area contributed by atoms with E-state index in [1.165, 1.54) is 53.5 Å². The summed E-state index contributed by atoms with van der Waals surface area (Å²) in [5, 5.41) is 12.5. The van der Waals surface area contributed by atoms with Gasteiger partial charge in [0.05, 0.1) is 23.5 Å². The fraction of sp³-hybridized carbons (Fsp3) is 0.190. The summed E-state index contributed by atoms with van der Waals surface area (Å²) in [6.07, 6.45) is -1.89. The topological polar surface area (TPSA) is 81.0 Å². The first kappa shape index (κ1) is 24.3. The molecule has 2 heterocycles. The van der Waals surface area contributed by atoms with E-state index in [4.69, 9.17) is 11.6 Å². The van der Waals surface area contributed by atoms with Crippen molar-refractivity contribution in [1.29, 1.82) is 0 Å². The van der Waals surface area contributed by atoms with Gasteiger partial charge in [-0.25, -0.2) is 9.80 Å². The lowest BCUT2D eigenvalue weighted by Gasteiger charge is -2.16. The van der Waals surface area contributed by atoms with E-state index in [0.717, 1.165) is 17.1 Å². The Morgan fingerprint density at radius 3 is 2.31 bits per heavy atom. The molecule has 0 saturated heterocycles. The second-order valence-electron chi connectivity index (χ2n) is 7.13. The Morgan fingerprint density at radius 1 is 1.09 bits per heavy atom. The molecular formula is C21H15ClF5N5O3. The van der Waals surface area contributed by atoms with Crippen LogP contribution < -0.4 is 14.8 Å². The van der Waals surface area contributed by atoms with Gasteiger partial charge in [-0.15, -0.1) is 13.2 Å². The maximum Gasteiger partial charge on any atom is 0.573 e. The number of ether oxygens (including phenoxy) is 2. The maximum atomic E-state index is 12.8. The molecule has 184 valence electrons. The van der Waals surface area contributed by atoms with Crippen LogP contribution in [-0.2, 0) is 0 Å². The van der Waals surface area contributed by atoms with Crippen LogP contribution in [0, 0.1) is 0 Å². The van der Waals surface area contributed by atoms with Crippen molar-refractivity contribution in [3.63, 3.8) is 0 Å². The highest BCUT2D eigenvalue weighted by atomic mass is 35.5. The number of alkyl halides is 5. The SMILES string of the molecule is O=C(Nc1ccc(OC(F)(F)F)cc1)N1C[C@H](n2cc(Cl)cn2)C(c2ccc(OC(F)F)cc2)=N1. The molecule has 1 aliphatic heterocycles. The number of rotatable bonds is 6. The van der Waals surface area contributed by atoms with Crippen LogP contribution in [0.2, 0.25) is 5.02 Å². The second-order valence-corrected chi connectivity index (χ2v) is 7.56. The summed E-state index contributed by atoms with van der Waals surface area (Å²) in [5.41, 5.74) is 1.13. The summed E-state index contributed by atoms with van der Waals surface area (Å²) >= 11 is 5.98. The highest BCUT2D eigenvalue weighted by Gasteiger charge is 2.34. The Balaban J connectivity index is 1.53. The summed E-state index contributed by atoms with van der Waals surface area (Å²) in [6, 6.07) is 9.07. The third-order valence-corrected chi connectivity index (χ3v) is 4.92. The molecule has 3 aromatic rings. The number of hydrogen-bond acceptors (Lipinski definition) is 5. The Morgan fingerprint density at radius 2 is 1.74 bits per heavy atom. The summed E-state index contributed by atoms with van der Waals surface area (Å²) in [7, 11) is 0. The smallest absolute Gasteiger partial charge is 0.435 e. The zero-order chi connectivity index (χ0) is 25.2. The minimum Gasteiger partial charge on any atom is -0.435 e. The van der Waals surface area contributed by atoms with Gasteiger partial charge in [-0.2, -0.15) is 19.0 Å². The average molecular weight is 516 g/mol. The lowest BCUT2D eigenvalue weighted by atomic mass is 10.0. The minimum absolute atomic E-state index is 0.0454. The van der Waals surface area contributed by atoms with Crippen LogP contribution >= 0.6 is 11.6 Å². The van der Waals surface area contributed by atoms with Gasteiger partial charge in [-0.3, -0.25) is 4.68 Å². The van der Waals surface area contributed by atoms with Gasteiger partial charge in [0.15, 0.2) is 0 Å². The van der Waals surface area contributed by atoms with Crippen molar-refractivity contribution < 1.29 is 36.2 Å². The van der Waals surface area contributed by atoms with Crippen molar-refractivity contribution in [3.8, 4) is 11.5 Å². The van der Waals surface area contributed by atoms with E-state index in [0.29, 0.717) is 16.3 Å². The number of anilines is 1. The highest BCUT2D eigenvalue weighted by Crippen LogP contribution is 2.28. The third kappa shape index (κ3) is 6.18. The van der Waals surface area contributed by atoms with E-state index in [1.54, 1.807) is 0 Å². The predicted molar refractivity (Wildman–Crippen MR) is 115 cm³/mol. The number of amides is 2. The van der Waals surface area contributed by atoms with Crippen LogP contribution in [0.1, 0.15) is 11.6 Å². The van der Waals surface area contributed by atoms with Crippen molar-refractivity contribution in [1.82, 2.24) is 14.8 Å². The molecule has 2 aromatic carbocycles. The molecule has 4 rings (SSSR count). The first-order chi connectivity index (χ1) is 16.6. The number of carbonyl (C=O) groups excluding carboxylic acids is 1. The van der Waals surface area contributed by atoms with E-state index in [1.807, 2.05) is 0 Å². The van der Waals surface area contributed by atoms with Crippen molar-refractivity contribution >= 4 is 29.0 Å². The van der Waals surface area contributed by atoms with Gasteiger partial charge in [0.25, 0.3) is 0 Å². The van der Waals surface area contributed by atoms with Gasteiger partial charge >= 0.3 is 19.0 Å². The summed E-state index contributed by atoms with van der Waals surface area (Å²) in [4.78, 5) is 12.8. The molecule has 1 aromatic heterocycles. The molecule has 0 fully saturated rings. The average Bonchev–Trinajstić information content (AvgIpc) is 3.41. The van der Waals surface area contributed by atoms with Gasteiger partial charge in [-0.1, -0.05) is 11.6 Å². The first-order valence-electron chi connectivity index (χ1n) is 9.85. The Labute approximate surface area is 199 Å². The van der Waals surface area contributed by atoms with Crippen LogP contribution in [0.15, 0.2) is 66.0 Å². The van der Waals surface area contributed by atoms with Crippen molar-refractivity contribution in [3.05, 3.63) is 71.5 Å². The van der Waals surface area contributed by atoms with Crippen LogP contribution in [0.25, 0.3) is 0 Å². The Bertz CT molecular complexity index is 1220. The lowest BCUT2D eigenvalue weighted by molar-refractivity contribution is -0.274. The molecule has 0 aliphatic carbocycles. The quantitative estimate of drug-likeness (QED) is 0.438. The molecule has 1 aliphatic rings. The number of nitrogens with zero attached hydrogens (tertiary/aromatic N) is 4. The second kappa shape index (κ2) is 9.78. The van der Waals surface area contributed by atoms with E-state index in [9.17, 15) is 26.7 Å². The first-order valence-corrected chi connectivity index (χ1v) is 10.2. The normalized spacial score (nSPS) is 15.8. The number of hydrogen-bond donors (Lipinski definition) is 1. The Hall–Kier alpha value is -3.87. The van der Waals surface area contributed by atoms with Gasteiger partial charge in [0.2, 0.25) is 0 Å². The van der Waals surface area contributed by atoms with Gasteiger partial charge < -0.3 is 14.8 Å². The fourth-order valence-corrected chi connectivity index (χ4v) is 3.44. The van der Waals surface area contributed by atoms with Crippen molar-refractivity contribution in [2.24, 2.45) is 5.10 Å². The zero-order valence-electron chi connectivity index (χ0n) is 17.4. The van der Waals surface area contributed by atoms with Crippen LogP contribution in [0.5, 0.6) is 11.5 Å².